The van der Waals surface area contributed by atoms with E-state index in [1.54, 1.807) is 14.2 Å². The fourth-order valence-corrected chi connectivity index (χ4v) is 1.84. The Balaban J connectivity index is 2.11. The molecule has 20 heavy (non-hydrogen) atoms. The summed E-state index contributed by atoms with van der Waals surface area (Å²) in [6, 6.07) is 10.3. The fraction of sp³-hybridized carbons (Fsp3) is 0.529. The van der Waals surface area contributed by atoms with Gasteiger partial charge in [0.2, 0.25) is 0 Å². The number of hydrogen-bond acceptors (Lipinski definition) is 3. The lowest BCUT2D eigenvalue weighted by Crippen LogP contribution is -2.11. The van der Waals surface area contributed by atoms with E-state index in [2.05, 4.69) is 31.2 Å². The summed E-state index contributed by atoms with van der Waals surface area (Å²) >= 11 is 0. The van der Waals surface area contributed by atoms with Gasteiger partial charge in [-0.1, -0.05) is 42.5 Å². The second kappa shape index (κ2) is 10.6. The monoisotopic (exact) mass is 278 g/mol. The fourth-order valence-electron chi connectivity index (χ4n) is 1.84. The zero-order valence-electron chi connectivity index (χ0n) is 12.7. The molecule has 0 amide bonds. The maximum absolute atomic E-state index is 5.81. The summed E-state index contributed by atoms with van der Waals surface area (Å²) in [4.78, 5) is 0. The number of benzene rings is 1. The maximum atomic E-state index is 5.81. The smallest absolute Gasteiger partial charge is 0.160 e. The van der Waals surface area contributed by atoms with Gasteiger partial charge in [0, 0.05) is 20.6 Å². The summed E-state index contributed by atoms with van der Waals surface area (Å²) in [5.74, 6) is 0. The van der Waals surface area contributed by atoms with E-state index in [4.69, 9.17) is 14.2 Å². The first-order valence-corrected chi connectivity index (χ1v) is 7.12. The van der Waals surface area contributed by atoms with Crippen molar-refractivity contribution in [2.45, 2.75) is 45.2 Å². The molecule has 0 aliphatic carbocycles. The quantitative estimate of drug-likeness (QED) is 0.479. The van der Waals surface area contributed by atoms with Crippen LogP contribution in [0.4, 0.5) is 0 Å². The molecular weight excluding hydrogens is 252 g/mol. The van der Waals surface area contributed by atoms with E-state index < -0.39 is 0 Å². The molecule has 0 saturated carbocycles. The average molecular weight is 278 g/mol. The van der Waals surface area contributed by atoms with Gasteiger partial charge in [0.25, 0.3) is 0 Å². The van der Waals surface area contributed by atoms with Gasteiger partial charge in [-0.15, -0.1) is 0 Å². The van der Waals surface area contributed by atoms with E-state index in [9.17, 15) is 0 Å². The first-order valence-electron chi connectivity index (χ1n) is 7.12. The number of allylic oxidation sites excluding steroid dienone is 1. The van der Waals surface area contributed by atoms with Crippen LogP contribution in [0, 0.1) is 0 Å². The summed E-state index contributed by atoms with van der Waals surface area (Å²) < 4.78 is 16.0. The molecule has 0 fully saturated rings. The van der Waals surface area contributed by atoms with Crippen LogP contribution in [-0.2, 0) is 20.8 Å². The molecule has 1 unspecified atom stereocenters. The zero-order chi connectivity index (χ0) is 14.6. The van der Waals surface area contributed by atoms with Crippen LogP contribution >= 0.6 is 0 Å². The molecule has 0 heterocycles. The number of methoxy groups -OCH3 is 2. The van der Waals surface area contributed by atoms with Crippen molar-refractivity contribution in [3.8, 4) is 0 Å². The third kappa shape index (κ3) is 7.43. The summed E-state index contributed by atoms with van der Waals surface area (Å²) in [6.07, 6.45) is 7.20. The first kappa shape index (κ1) is 16.9. The van der Waals surface area contributed by atoms with E-state index in [1.165, 1.54) is 5.56 Å². The lowest BCUT2D eigenvalue weighted by atomic mass is 10.2. The molecule has 0 aliphatic rings. The molecule has 112 valence electrons. The van der Waals surface area contributed by atoms with Crippen LogP contribution in [0.25, 0.3) is 0 Å². The topological polar surface area (TPSA) is 27.7 Å². The van der Waals surface area contributed by atoms with Gasteiger partial charge >= 0.3 is 0 Å². The summed E-state index contributed by atoms with van der Waals surface area (Å²) in [5, 5.41) is 0. The lowest BCUT2D eigenvalue weighted by Gasteiger charge is -2.12. The molecule has 1 rings (SSSR count). The van der Waals surface area contributed by atoms with Crippen molar-refractivity contribution in [1.82, 2.24) is 0 Å². The SMILES string of the molecule is COC(C/C=C\CCC(C)OCc1ccccc1)OC. The van der Waals surface area contributed by atoms with Gasteiger partial charge in [0.1, 0.15) is 0 Å². The highest BCUT2D eigenvalue weighted by atomic mass is 16.7. The van der Waals surface area contributed by atoms with E-state index in [0.717, 1.165) is 19.3 Å². The highest BCUT2D eigenvalue weighted by Crippen LogP contribution is 2.08. The molecule has 0 bridgehead atoms. The Morgan fingerprint density at radius 3 is 2.40 bits per heavy atom. The molecule has 1 atom stereocenters. The Morgan fingerprint density at radius 1 is 1.05 bits per heavy atom. The van der Waals surface area contributed by atoms with Crippen LogP contribution in [0.3, 0.4) is 0 Å². The Hall–Kier alpha value is -1.16. The molecule has 0 N–H and O–H groups in total. The third-order valence-electron chi connectivity index (χ3n) is 3.14. The first-order chi connectivity index (χ1) is 9.76. The molecule has 3 nitrogen and oxygen atoms in total. The Kier molecular flexibility index (Phi) is 8.96. The van der Waals surface area contributed by atoms with E-state index in [-0.39, 0.29) is 12.4 Å². The minimum Gasteiger partial charge on any atom is -0.374 e. The van der Waals surface area contributed by atoms with Gasteiger partial charge in [-0.2, -0.15) is 0 Å². The average Bonchev–Trinajstić information content (AvgIpc) is 2.50. The highest BCUT2D eigenvalue weighted by Gasteiger charge is 2.02. The Labute approximate surface area is 122 Å². The minimum atomic E-state index is -0.141. The standard InChI is InChI=1S/C17H26O3/c1-15(20-14-16-11-7-5-8-12-16)10-6-4-9-13-17(18-2)19-3/h4-5,7-9,11-12,15,17H,6,10,13-14H2,1-3H3/b9-4-. The molecule has 3 heteroatoms. The van der Waals surface area contributed by atoms with Crippen LogP contribution in [-0.4, -0.2) is 26.6 Å². The number of ether oxygens (including phenoxy) is 3. The molecule has 0 spiro atoms. The molecule has 0 radical (unpaired) electrons. The van der Waals surface area contributed by atoms with Crippen LogP contribution in [0.15, 0.2) is 42.5 Å². The van der Waals surface area contributed by atoms with Crippen LogP contribution in [0.5, 0.6) is 0 Å². The van der Waals surface area contributed by atoms with Crippen molar-refractivity contribution >= 4 is 0 Å². The Bertz CT molecular complexity index is 358. The predicted octanol–water partition coefficient (Wildman–Crippen LogP) is 3.94. The van der Waals surface area contributed by atoms with Crippen LogP contribution < -0.4 is 0 Å². The van der Waals surface area contributed by atoms with Gasteiger partial charge < -0.3 is 14.2 Å². The van der Waals surface area contributed by atoms with Gasteiger partial charge in [0.15, 0.2) is 6.29 Å². The maximum Gasteiger partial charge on any atom is 0.160 e. The molecule has 1 aromatic rings. The number of rotatable bonds is 10. The van der Waals surface area contributed by atoms with Crippen molar-refractivity contribution in [2.75, 3.05) is 14.2 Å². The van der Waals surface area contributed by atoms with E-state index >= 15 is 0 Å². The van der Waals surface area contributed by atoms with E-state index in [1.807, 2.05) is 18.2 Å². The highest BCUT2D eigenvalue weighted by molar-refractivity contribution is 5.13. The van der Waals surface area contributed by atoms with Crippen molar-refractivity contribution in [1.29, 1.82) is 0 Å². The van der Waals surface area contributed by atoms with Crippen molar-refractivity contribution in [3.63, 3.8) is 0 Å². The number of hydrogen-bond donors (Lipinski definition) is 0. The van der Waals surface area contributed by atoms with Gasteiger partial charge in [-0.05, 0) is 25.3 Å². The van der Waals surface area contributed by atoms with E-state index in [0.29, 0.717) is 6.61 Å². The molecule has 0 aliphatic heterocycles. The molecule has 0 aromatic heterocycles. The molecular formula is C17H26O3. The predicted molar refractivity (Wildman–Crippen MR) is 81.5 cm³/mol. The van der Waals surface area contributed by atoms with Gasteiger partial charge in [0.05, 0.1) is 12.7 Å². The summed E-state index contributed by atoms with van der Waals surface area (Å²) in [6.45, 7) is 2.80. The largest absolute Gasteiger partial charge is 0.374 e. The minimum absolute atomic E-state index is 0.141. The van der Waals surface area contributed by atoms with Crippen LogP contribution in [0.1, 0.15) is 31.7 Å². The second-order valence-corrected chi connectivity index (χ2v) is 4.79. The lowest BCUT2D eigenvalue weighted by molar-refractivity contribution is -0.0986. The zero-order valence-corrected chi connectivity index (χ0v) is 12.7. The molecule has 0 saturated heterocycles. The van der Waals surface area contributed by atoms with Crippen molar-refractivity contribution in [3.05, 3.63) is 48.0 Å². The normalized spacial score (nSPS) is 13.2. The Morgan fingerprint density at radius 2 is 1.75 bits per heavy atom. The van der Waals surface area contributed by atoms with Crippen molar-refractivity contribution < 1.29 is 14.2 Å². The van der Waals surface area contributed by atoms with Crippen LogP contribution in [0.2, 0.25) is 0 Å². The summed E-state index contributed by atoms with van der Waals surface area (Å²) in [7, 11) is 3.31. The van der Waals surface area contributed by atoms with Crippen molar-refractivity contribution in [2.24, 2.45) is 0 Å². The second-order valence-electron chi connectivity index (χ2n) is 4.79. The summed E-state index contributed by atoms with van der Waals surface area (Å²) in [5.41, 5.74) is 1.22. The van der Waals surface area contributed by atoms with Gasteiger partial charge in [-0.25, -0.2) is 0 Å². The molecule has 1 aromatic carbocycles. The van der Waals surface area contributed by atoms with Gasteiger partial charge in [-0.3, -0.25) is 0 Å². The third-order valence-corrected chi connectivity index (χ3v) is 3.14.